The van der Waals surface area contributed by atoms with Crippen molar-refractivity contribution in [1.29, 1.82) is 0 Å². The predicted molar refractivity (Wildman–Crippen MR) is 51.4 cm³/mol. The van der Waals surface area contributed by atoms with Gasteiger partial charge in [-0.2, -0.15) is 0 Å². The normalized spacial score (nSPS) is 19.8. The first kappa shape index (κ1) is 10.0. The maximum atomic E-state index is 5.74. The van der Waals surface area contributed by atoms with Crippen LogP contribution in [0.2, 0.25) is 0 Å². The first-order valence-corrected chi connectivity index (χ1v) is 5.26. The van der Waals surface area contributed by atoms with Crippen molar-refractivity contribution in [3.05, 3.63) is 0 Å². The van der Waals surface area contributed by atoms with E-state index in [0.717, 1.165) is 19.7 Å². The van der Waals surface area contributed by atoms with Crippen LogP contribution in [0.25, 0.3) is 0 Å². The third kappa shape index (κ3) is 4.07. The molecule has 0 aromatic heterocycles. The van der Waals surface area contributed by atoms with E-state index in [2.05, 4.69) is 12.2 Å². The molecule has 2 heteroatoms. The SMILES string of the molecule is CCCCCOC1CCNCC1. The maximum Gasteiger partial charge on any atom is 0.0599 e. The molecule has 0 radical (unpaired) electrons. The van der Waals surface area contributed by atoms with Gasteiger partial charge >= 0.3 is 0 Å². The molecule has 1 fully saturated rings. The molecule has 1 rings (SSSR count). The van der Waals surface area contributed by atoms with Gasteiger partial charge in [-0.1, -0.05) is 19.8 Å². The van der Waals surface area contributed by atoms with Gasteiger partial charge in [0.05, 0.1) is 6.10 Å². The molecule has 0 bridgehead atoms. The van der Waals surface area contributed by atoms with E-state index in [9.17, 15) is 0 Å². The summed E-state index contributed by atoms with van der Waals surface area (Å²) in [5.74, 6) is 0. The van der Waals surface area contributed by atoms with Gasteiger partial charge in [0.15, 0.2) is 0 Å². The van der Waals surface area contributed by atoms with Gasteiger partial charge in [-0.05, 0) is 32.4 Å². The van der Waals surface area contributed by atoms with Gasteiger partial charge in [0.1, 0.15) is 0 Å². The van der Waals surface area contributed by atoms with E-state index in [1.54, 1.807) is 0 Å². The Morgan fingerprint density at radius 3 is 2.67 bits per heavy atom. The Morgan fingerprint density at radius 2 is 2.00 bits per heavy atom. The van der Waals surface area contributed by atoms with Gasteiger partial charge in [-0.25, -0.2) is 0 Å². The number of hydrogen-bond donors (Lipinski definition) is 1. The van der Waals surface area contributed by atoms with Crippen molar-refractivity contribution >= 4 is 0 Å². The zero-order chi connectivity index (χ0) is 8.65. The lowest BCUT2D eigenvalue weighted by atomic mass is 10.1. The van der Waals surface area contributed by atoms with Crippen molar-refractivity contribution in [1.82, 2.24) is 5.32 Å². The van der Waals surface area contributed by atoms with Crippen LogP contribution in [-0.4, -0.2) is 25.8 Å². The molecule has 0 atom stereocenters. The van der Waals surface area contributed by atoms with Crippen LogP contribution in [0.15, 0.2) is 0 Å². The smallest absolute Gasteiger partial charge is 0.0599 e. The first-order valence-electron chi connectivity index (χ1n) is 5.26. The fraction of sp³-hybridized carbons (Fsp3) is 1.00. The zero-order valence-electron chi connectivity index (χ0n) is 8.14. The van der Waals surface area contributed by atoms with E-state index in [1.165, 1.54) is 32.1 Å². The standard InChI is InChI=1S/C10H21NO/c1-2-3-4-9-12-10-5-7-11-8-6-10/h10-11H,2-9H2,1H3. The van der Waals surface area contributed by atoms with Crippen LogP contribution in [0.4, 0.5) is 0 Å². The molecule has 2 nitrogen and oxygen atoms in total. The second kappa shape index (κ2) is 6.44. The molecule has 72 valence electrons. The van der Waals surface area contributed by atoms with Crippen molar-refractivity contribution in [2.75, 3.05) is 19.7 Å². The number of ether oxygens (including phenoxy) is 1. The number of nitrogens with one attached hydrogen (secondary N) is 1. The summed E-state index contributed by atoms with van der Waals surface area (Å²) < 4.78 is 5.74. The Morgan fingerprint density at radius 1 is 1.25 bits per heavy atom. The zero-order valence-corrected chi connectivity index (χ0v) is 8.14. The summed E-state index contributed by atoms with van der Waals surface area (Å²) in [5.41, 5.74) is 0. The summed E-state index contributed by atoms with van der Waals surface area (Å²) >= 11 is 0. The molecule has 1 heterocycles. The van der Waals surface area contributed by atoms with Gasteiger partial charge in [0, 0.05) is 6.61 Å². The van der Waals surface area contributed by atoms with E-state index in [1.807, 2.05) is 0 Å². The van der Waals surface area contributed by atoms with E-state index in [-0.39, 0.29) is 0 Å². The monoisotopic (exact) mass is 171 g/mol. The highest BCUT2D eigenvalue weighted by molar-refractivity contribution is 4.67. The maximum absolute atomic E-state index is 5.74. The molecule has 0 aromatic rings. The highest BCUT2D eigenvalue weighted by Gasteiger charge is 2.12. The van der Waals surface area contributed by atoms with Crippen LogP contribution >= 0.6 is 0 Å². The molecule has 1 aliphatic rings. The van der Waals surface area contributed by atoms with Crippen LogP contribution in [0, 0.1) is 0 Å². The van der Waals surface area contributed by atoms with Crippen molar-refractivity contribution in [2.24, 2.45) is 0 Å². The largest absolute Gasteiger partial charge is 0.378 e. The Bertz CT molecular complexity index is 100. The molecular formula is C10H21NO. The Balaban J connectivity index is 1.91. The Labute approximate surface area is 75.7 Å². The molecule has 12 heavy (non-hydrogen) atoms. The van der Waals surface area contributed by atoms with Crippen molar-refractivity contribution < 1.29 is 4.74 Å². The minimum atomic E-state index is 0.545. The summed E-state index contributed by atoms with van der Waals surface area (Å²) in [6.45, 7) is 5.47. The van der Waals surface area contributed by atoms with E-state index in [4.69, 9.17) is 4.74 Å². The second-order valence-electron chi connectivity index (χ2n) is 3.53. The highest BCUT2D eigenvalue weighted by atomic mass is 16.5. The van der Waals surface area contributed by atoms with Gasteiger partial charge in [-0.15, -0.1) is 0 Å². The summed E-state index contributed by atoms with van der Waals surface area (Å²) in [6, 6.07) is 0. The number of hydrogen-bond acceptors (Lipinski definition) is 2. The lowest BCUT2D eigenvalue weighted by Crippen LogP contribution is -2.32. The average molecular weight is 171 g/mol. The van der Waals surface area contributed by atoms with E-state index >= 15 is 0 Å². The van der Waals surface area contributed by atoms with Crippen LogP contribution in [0.5, 0.6) is 0 Å². The van der Waals surface area contributed by atoms with Crippen molar-refractivity contribution in [3.63, 3.8) is 0 Å². The lowest BCUT2D eigenvalue weighted by molar-refractivity contribution is 0.0309. The number of rotatable bonds is 5. The minimum absolute atomic E-state index is 0.545. The van der Waals surface area contributed by atoms with Crippen LogP contribution in [-0.2, 0) is 4.74 Å². The van der Waals surface area contributed by atoms with Crippen molar-refractivity contribution in [3.8, 4) is 0 Å². The van der Waals surface area contributed by atoms with Crippen LogP contribution < -0.4 is 5.32 Å². The molecule has 1 aliphatic heterocycles. The molecule has 0 aromatic carbocycles. The molecular weight excluding hydrogens is 150 g/mol. The van der Waals surface area contributed by atoms with Gasteiger partial charge in [0.25, 0.3) is 0 Å². The summed E-state index contributed by atoms with van der Waals surface area (Å²) in [6.07, 6.45) is 6.78. The molecule has 0 amide bonds. The highest BCUT2D eigenvalue weighted by Crippen LogP contribution is 2.08. The molecule has 1 N–H and O–H groups in total. The minimum Gasteiger partial charge on any atom is -0.378 e. The summed E-state index contributed by atoms with van der Waals surface area (Å²) in [4.78, 5) is 0. The third-order valence-corrected chi connectivity index (χ3v) is 2.39. The fourth-order valence-electron chi connectivity index (χ4n) is 1.56. The summed E-state index contributed by atoms with van der Waals surface area (Å²) in [5, 5.41) is 3.34. The topological polar surface area (TPSA) is 21.3 Å². The van der Waals surface area contributed by atoms with Gasteiger partial charge < -0.3 is 10.1 Å². The first-order chi connectivity index (χ1) is 5.93. The second-order valence-corrected chi connectivity index (χ2v) is 3.53. The predicted octanol–water partition coefficient (Wildman–Crippen LogP) is 1.95. The third-order valence-electron chi connectivity index (χ3n) is 2.39. The molecule has 0 aliphatic carbocycles. The van der Waals surface area contributed by atoms with Gasteiger partial charge in [0.2, 0.25) is 0 Å². The van der Waals surface area contributed by atoms with E-state index < -0.39 is 0 Å². The summed E-state index contributed by atoms with van der Waals surface area (Å²) in [7, 11) is 0. The quantitative estimate of drug-likeness (QED) is 0.638. The Kier molecular flexibility index (Phi) is 5.37. The molecule has 0 spiro atoms. The lowest BCUT2D eigenvalue weighted by Gasteiger charge is -2.22. The van der Waals surface area contributed by atoms with Crippen LogP contribution in [0.3, 0.4) is 0 Å². The fourth-order valence-corrected chi connectivity index (χ4v) is 1.56. The molecule has 0 unspecified atom stereocenters. The van der Waals surface area contributed by atoms with Crippen molar-refractivity contribution in [2.45, 2.75) is 45.1 Å². The molecule has 1 saturated heterocycles. The molecule has 0 saturated carbocycles. The number of piperidine rings is 1. The Hall–Kier alpha value is -0.0800. The van der Waals surface area contributed by atoms with Crippen LogP contribution in [0.1, 0.15) is 39.0 Å². The van der Waals surface area contributed by atoms with Gasteiger partial charge in [-0.3, -0.25) is 0 Å². The number of unbranched alkanes of at least 4 members (excludes halogenated alkanes) is 2. The van der Waals surface area contributed by atoms with E-state index in [0.29, 0.717) is 6.10 Å². The average Bonchev–Trinajstić information content (AvgIpc) is 2.14.